The monoisotopic (exact) mass is 307 g/mol. The second kappa shape index (κ2) is 18.5. The van der Waals surface area contributed by atoms with E-state index in [-0.39, 0.29) is 29.6 Å². The molecule has 0 aliphatic heterocycles. The summed E-state index contributed by atoms with van der Waals surface area (Å²) in [5.41, 5.74) is 0. The third kappa shape index (κ3) is 16.6. The molecule has 0 aromatic rings. The predicted molar refractivity (Wildman–Crippen MR) is 83.5 cm³/mol. The number of carboxylic acid groups (broad SMARTS) is 1. The van der Waals surface area contributed by atoms with Crippen LogP contribution in [0.4, 0.5) is 0 Å². The number of aliphatic carboxylic acids is 1. The van der Waals surface area contributed by atoms with Crippen molar-refractivity contribution in [2.45, 2.75) is 96.9 Å². The second-order valence-electron chi connectivity index (χ2n) is 5.80. The van der Waals surface area contributed by atoms with Crippen molar-refractivity contribution in [3.63, 3.8) is 0 Å². The minimum Gasteiger partial charge on any atom is -0.548 e. The number of hydrogen-bond donors (Lipinski definition) is 1. The Labute approximate surface area is 153 Å². The molecule has 21 heavy (non-hydrogen) atoms. The van der Waals surface area contributed by atoms with E-state index in [0.29, 0.717) is 6.42 Å². The van der Waals surface area contributed by atoms with Gasteiger partial charge in [-0.05, 0) is 19.4 Å². The molecular formula is C17H34NNaO2. The molecule has 0 aliphatic rings. The van der Waals surface area contributed by atoms with E-state index < -0.39 is 12.0 Å². The van der Waals surface area contributed by atoms with Crippen LogP contribution < -0.4 is 40.0 Å². The maximum Gasteiger partial charge on any atom is 1.00 e. The van der Waals surface area contributed by atoms with Crippen molar-refractivity contribution < 1.29 is 39.5 Å². The molecule has 3 nitrogen and oxygen atoms in total. The molecule has 0 aromatic carbocycles. The number of nitrogens with one attached hydrogen (secondary N) is 1. The number of rotatable bonds is 15. The van der Waals surface area contributed by atoms with E-state index in [9.17, 15) is 9.90 Å². The van der Waals surface area contributed by atoms with Crippen molar-refractivity contribution >= 4 is 5.97 Å². The third-order valence-corrected chi connectivity index (χ3v) is 3.80. The van der Waals surface area contributed by atoms with Crippen LogP contribution in [0, 0.1) is 0 Å². The van der Waals surface area contributed by atoms with Crippen molar-refractivity contribution in [2.24, 2.45) is 0 Å². The van der Waals surface area contributed by atoms with Gasteiger partial charge in [0.25, 0.3) is 0 Å². The van der Waals surface area contributed by atoms with Crippen molar-refractivity contribution in [1.29, 1.82) is 0 Å². The summed E-state index contributed by atoms with van der Waals surface area (Å²) in [7, 11) is 0. The maximum atomic E-state index is 10.9. The number of carbonyl (C=O) groups is 1. The van der Waals surface area contributed by atoms with Crippen LogP contribution in [0.25, 0.3) is 0 Å². The summed E-state index contributed by atoms with van der Waals surface area (Å²) in [6.45, 7) is 5.12. The van der Waals surface area contributed by atoms with Gasteiger partial charge in [-0.3, -0.25) is 0 Å². The van der Waals surface area contributed by atoms with Gasteiger partial charge in [0.05, 0.1) is 5.97 Å². The van der Waals surface area contributed by atoms with Gasteiger partial charge in [-0.25, -0.2) is 0 Å². The fraction of sp³-hybridized carbons (Fsp3) is 0.941. The summed E-state index contributed by atoms with van der Waals surface area (Å²) in [6.07, 6.45) is 14.3. The molecule has 0 bridgehead atoms. The Kier molecular flexibility index (Phi) is 20.8. The van der Waals surface area contributed by atoms with Gasteiger partial charge in [-0.15, -0.1) is 0 Å². The molecule has 0 fully saturated rings. The summed E-state index contributed by atoms with van der Waals surface area (Å²) in [5.74, 6) is -0.950. The zero-order chi connectivity index (χ0) is 15.1. The number of unbranched alkanes of at least 4 members (excludes halogenated alkanes) is 9. The Balaban J connectivity index is 0. The van der Waals surface area contributed by atoms with Gasteiger partial charge in [0, 0.05) is 6.04 Å². The first kappa shape index (κ1) is 23.7. The fourth-order valence-corrected chi connectivity index (χ4v) is 2.42. The summed E-state index contributed by atoms with van der Waals surface area (Å²) in [5, 5.41) is 14.0. The van der Waals surface area contributed by atoms with Crippen molar-refractivity contribution in [3.05, 3.63) is 0 Å². The van der Waals surface area contributed by atoms with Crippen LogP contribution in [0.2, 0.25) is 0 Å². The average molecular weight is 307 g/mol. The zero-order valence-electron chi connectivity index (χ0n) is 14.6. The first-order chi connectivity index (χ1) is 9.72. The normalized spacial score (nSPS) is 11.9. The van der Waals surface area contributed by atoms with Gasteiger partial charge < -0.3 is 15.2 Å². The molecule has 0 amide bonds. The summed E-state index contributed by atoms with van der Waals surface area (Å²) in [6, 6.07) is -0.455. The van der Waals surface area contributed by atoms with Crippen LogP contribution in [0.1, 0.15) is 90.9 Å². The van der Waals surface area contributed by atoms with E-state index in [1.807, 2.05) is 0 Å². The molecule has 0 unspecified atom stereocenters. The Hall–Kier alpha value is 0.430. The molecule has 120 valence electrons. The number of carboxylic acids is 1. The molecule has 0 saturated carbocycles. The van der Waals surface area contributed by atoms with Crippen LogP contribution in [-0.4, -0.2) is 18.6 Å². The van der Waals surface area contributed by atoms with Gasteiger partial charge in [-0.1, -0.05) is 78.1 Å². The molecule has 0 aliphatic carbocycles. The van der Waals surface area contributed by atoms with E-state index in [1.54, 1.807) is 0 Å². The number of carbonyl (C=O) groups excluding carboxylic acids is 1. The third-order valence-electron chi connectivity index (χ3n) is 3.80. The first-order valence-electron chi connectivity index (χ1n) is 8.66. The minimum absolute atomic E-state index is 0. The van der Waals surface area contributed by atoms with Gasteiger partial charge in [0.2, 0.25) is 0 Å². The van der Waals surface area contributed by atoms with E-state index in [2.05, 4.69) is 19.2 Å². The SMILES string of the molecule is CCCCCCCCCCCN[C@@H](CCCC)C(=O)[O-].[Na+]. The Morgan fingerprint density at radius 2 is 1.33 bits per heavy atom. The molecule has 0 spiro atoms. The Bertz CT molecular complexity index is 225. The van der Waals surface area contributed by atoms with Gasteiger partial charge in [0.1, 0.15) is 0 Å². The molecule has 1 atom stereocenters. The molecule has 0 heterocycles. The van der Waals surface area contributed by atoms with Crippen LogP contribution in [-0.2, 0) is 4.79 Å². The average Bonchev–Trinajstić information content (AvgIpc) is 2.43. The van der Waals surface area contributed by atoms with Crippen LogP contribution in [0.15, 0.2) is 0 Å². The predicted octanol–water partition coefficient (Wildman–Crippen LogP) is 0.420. The molecule has 0 rings (SSSR count). The van der Waals surface area contributed by atoms with E-state index in [0.717, 1.165) is 25.8 Å². The van der Waals surface area contributed by atoms with Crippen LogP contribution >= 0.6 is 0 Å². The van der Waals surface area contributed by atoms with Crippen molar-refractivity contribution in [2.75, 3.05) is 6.54 Å². The van der Waals surface area contributed by atoms with E-state index >= 15 is 0 Å². The Morgan fingerprint density at radius 1 is 0.857 bits per heavy atom. The molecule has 0 radical (unpaired) electrons. The summed E-state index contributed by atoms with van der Waals surface area (Å²) < 4.78 is 0. The smallest absolute Gasteiger partial charge is 0.548 e. The van der Waals surface area contributed by atoms with Crippen LogP contribution in [0.3, 0.4) is 0 Å². The van der Waals surface area contributed by atoms with Gasteiger partial charge in [0.15, 0.2) is 0 Å². The molecule has 0 aromatic heterocycles. The molecular weight excluding hydrogens is 273 g/mol. The molecule has 0 saturated heterocycles. The standard InChI is InChI=1S/C17H35NO2.Na/c1-3-5-7-8-9-10-11-12-13-15-18-16(17(19)20)14-6-4-2;/h16,18H,3-15H2,1-2H3,(H,19,20);/q;+1/p-1/t16-;/m0./s1. The molecule has 4 heteroatoms. The Morgan fingerprint density at radius 3 is 1.81 bits per heavy atom. The topological polar surface area (TPSA) is 52.2 Å². The van der Waals surface area contributed by atoms with Gasteiger partial charge in [-0.2, -0.15) is 0 Å². The van der Waals surface area contributed by atoms with Crippen molar-refractivity contribution in [3.8, 4) is 0 Å². The van der Waals surface area contributed by atoms with E-state index in [4.69, 9.17) is 0 Å². The fourth-order valence-electron chi connectivity index (χ4n) is 2.42. The summed E-state index contributed by atoms with van der Waals surface area (Å²) >= 11 is 0. The van der Waals surface area contributed by atoms with Crippen LogP contribution in [0.5, 0.6) is 0 Å². The first-order valence-corrected chi connectivity index (χ1v) is 8.66. The largest absolute Gasteiger partial charge is 1.00 e. The molecule has 1 N–H and O–H groups in total. The van der Waals surface area contributed by atoms with Crippen molar-refractivity contribution in [1.82, 2.24) is 5.32 Å². The number of hydrogen-bond acceptors (Lipinski definition) is 3. The zero-order valence-corrected chi connectivity index (χ0v) is 16.6. The maximum absolute atomic E-state index is 10.9. The summed E-state index contributed by atoms with van der Waals surface area (Å²) in [4.78, 5) is 10.9. The minimum atomic E-state index is -0.950. The van der Waals surface area contributed by atoms with Gasteiger partial charge >= 0.3 is 29.6 Å². The van der Waals surface area contributed by atoms with E-state index in [1.165, 1.54) is 51.4 Å². The quantitative estimate of drug-likeness (QED) is 0.352. The second-order valence-corrected chi connectivity index (χ2v) is 5.80.